The van der Waals surface area contributed by atoms with Crippen molar-refractivity contribution >= 4 is 74.8 Å². The smallest absolute Gasteiger partial charge is 0.293 e. The molecule has 1 aliphatic heterocycles. The van der Waals surface area contributed by atoms with Crippen LogP contribution in [0.25, 0.3) is 6.08 Å². The molecule has 1 heterocycles. The SMILES string of the molecule is N#Cc1ccccc1CN1C(=O)S/C(=C/c2cc(Cl)c(OCc3ccc(I)cc3)c(Cl)c2)C1=O. The Kier molecular flexibility index (Phi) is 7.84. The van der Waals surface area contributed by atoms with Crippen molar-refractivity contribution in [1.82, 2.24) is 4.90 Å². The number of carbonyl (C=O) groups excluding carboxylic acids is 2. The van der Waals surface area contributed by atoms with E-state index in [2.05, 4.69) is 28.7 Å². The van der Waals surface area contributed by atoms with Crippen LogP contribution in [0.1, 0.15) is 22.3 Å². The van der Waals surface area contributed by atoms with E-state index in [-0.39, 0.29) is 11.4 Å². The number of rotatable bonds is 6. The van der Waals surface area contributed by atoms with Crippen LogP contribution in [-0.2, 0) is 17.9 Å². The van der Waals surface area contributed by atoms with E-state index in [1.54, 1.807) is 42.5 Å². The summed E-state index contributed by atoms with van der Waals surface area (Å²) in [5.74, 6) is -0.0886. The molecule has 0 saturated carbocycles. The van der Waals surface area contributed by atoms with Gasteiger partial charge in [-0.25, -0.2) is 0 Å². The van der Waals surface area contributed by atoms with Gasteiger partial charge in [0.05, 0.1) is 33.1 Å². The number of thioether (sulfide) groups is 1. The molecule has 5 nitrogen and oxygen atoms in total. The first-order valence-corrected chi connectivity index (χ1v) is 12.6. The maximum Gasteiger partial charge on any atom is 0.293 e. The van der Waals surface area contributed by atoms with E-state index in [0.29, 0.717) is 39.1 Å². The molecule has 1 fully saturated rings. The molecule has 2 amide bonds. The number of carbonyl (C=O) groups is 2. The highest BCUT2D eigenvalue weighted by Crippen LogP contribution is 2.38. The lowest BCUT2D eigenvalue weighted by Gasteiger charge is -2.13. The second kappa shape index (κ2) is 10.8. The van der Waals surface area contributed by atoms with Gasteiger partial charge < -0.3 is 4.74 Å². The standard InChI is InChI=1S/C25H15Cl2IN2O3S/c26-20-9-16(10-21(27)23(20)33-14-15-5-7-19(28)8-6-15)11-22-24(31)30(25(32)34-22)13-18-4-2-1-3-17(18)12-29/h1-11H,13-14H2/b22-11+. The normalized spacial score (nSPS) is 14.5. The van der Waals surface area contributed by atoms with Gasteiger partial charge in [-0.2, -0.15) is 5.26 Å². The lowest BCUT2D eigenvalue weighted by atomic mass is 10.1. The lowest BCUT2D eigenvalue weighted by molar-refractivity contribution is -0.123. The highest BCUT2D eigenvalue weighted by molar-refractivity contribution is 14.1. The van der Waals surface area contributed by atoms with Gasteiger partial charge in [-0.1, -0.05) is 53.5 Å². The molecule has 0 aliphatic carbocycles. The average molecular weight is 621 g/mol. The summed E-state index contributed by atoms with van der Waals surface area (Å²) in [7, 11) is 0. The summed E-state index contributed by atoms with van der Waals surface area (Å²) in [6, 6.07) is 20.1. The van der Waals surface area contributed by atoms with Crippen molar-refractivity contribution in [3.05, 3.63) is 101 Å². The quantitative estimate of drug-likeness (QED) is 0.214. The van der Waals surface area contributed by atoms with E-state index in [1.807, 2.05) is 24.3 Å². The molecule has 0 radical (unpaired) electrons. The summed E-state index contributed by atoms with van der Waals surface area (Å²) < 4.78 is 6.94. The van der Waals surface area contributed by atoms with E-state index in [9.17, 15) is 14.9 Å². The molecule has 0 unspecified atom stereocenters. The number of halogens is 3. The van der Waals surface area contributed by atoms with Gasteiger partial charge in [0.25, 0.3) is 11.1 Å². The van der Waals surface area contributed by atoms with Crippen molar-refractivity contribution in [2.75, 3.05) is 0 Å². The summed E-state index contributed by atoms with van der Waals surface area (Å²) in [5.41, 5.74) is 2.57. The molecule has 34 heavy (non-hydrogen) atoms. The summed E-state index contributed by atoms with van der Waals surface area (Å²) in [5, 5.41) is 9.46. The number of hydrogen-bond acceptors (Lipinski definition) is 5. The molecule has 0 spiro atoms. The van der Waals surface area contributed by atoms with Crippen molar-refractivity contribution in [3.63, 3.8) is 0 Å². The number of amides is 2. The maximum atomic E-state index is 12.9. The number of nitriles is 1. The molecule has 3 aromatic rings. The molecule has 0 bridgehead atoms. The van der Waals surface area contributed by atoms with Gasteiger partial charge in [0.1, 0.15) is 6.61 Å². The van der Waals surface area contributed by atoms with Gasteiger partial charge in [0.15, 0.2) is 5.75 Å². The van der Waals surface area contributed by atoms with Gasteiger partial charge in [0.2, 0.25) is 0 Å². The van der Waals surface area contributed by atoms with Crippen LogP contribution >= 0.6 is 57.6 Å². The highest BCUT2D eigenvalue weighted by Gasteiger charge is 2.35. The fourth-order valence-electron chi connectivity index (χ4n) is 3.26. The van der Waals surface area contributed by atoms with Crippen LogP contribution in [-0.4, -0.2) is 16.0 Å². The van der Waals surface area contributed by atoms with E-state index in [4.69, 9.17) is 27.9 Å². The number of benzene rings is 3. The Morgan fingerprint density at radius 2 is 1.74 bits per heavy atom. The maximum absolute atomic E-state index is 12.9. The number of ether oxygens (including phenoxy) is 1. The van der Waals surface area contributed by atoms with Gasteiger partial charge in [-0.3, -0.25) is 14.5 Å². The summed E-state index contributed by atoms with van der Waals surface area (Å²) in [6.45, 7) is 0.331. The van der Waals surface area contributed by atoms with Crippen molar-refractivity contribution in [2.24, 2.45) is 0 Å². The van der Waals surface area contributed by atoms with Gasteiger partial charge >= 0.3 is 0 Å². The monoisotopic (exact) mass is 620 g/mol. The highest BCUT2D eigenvalue weighted by atomic mass is 127. The molecule has 1 saturated heterocycles. The van der Waals surface area contributed by atoms with Crippen LogP contribution in [0.3, 0.4) is 0 Å². The van der Waals surface area contributed by atoms with Crippen LogP contribution in [0, 0.1) is 14.9 Å². The van der Waals surface area contributed by atoms with Gasteiger partial charge in [-0.15, -0.1) is 0 Å². The van der Waals surface area contributed by atoms with Gasteiger partial charge in [-0.05, 0) is 87.5 Å². The predicted octanol–water partition coefficient (Wildman–Crippen LogP) is 7.29. The van der Waals surface area contributed by atoms with Crippen molar-refractivity contribution in [1.29, 1.82) is 5.26 Å². The van der Waals surface area contributed by atoms with Crippen molar-refractivity contribution < 1.29 is 14.3 Å². The van der Waals surface area contributed by atoms with Crippen LogP contribution in [0.2, 0.25) is 10.0 Å². The van der Waals surface area contributed by atoms with Crippen LogP contribution in [0.5, 0.6) is 5.75 Å². The first kappa shape index (κ1) is 24.6. The average Bonchev–Trinajstić information content (AvgIpc) is 3.07. The van der Waals surface area contributed by atoms with Crippen molar-refractivity contribution in [2.45, 2.75) is 13.2 Å². The third kappa shape index (κ3) is 5.58. The Balaban J connectivity index is 1.51. The predicted molar refractivity (Wildman–Crippen MR) is 143 cm³/mol. The van der Waals surface area contributed by atoms with Crippen LogP contribution in [0.4, 0.5) is 4.79 Å². The van der Waals surface area contributed by atoms with E-state index < -0.39 is 11.1 Å². The second-order valence-corrected chi connectivity index (χ2v) is 10.3. The summed E-state index contributed by atoms with van der Waals surface area (Å²) in [4.78, 5) is 26.7. The summed E-state index contributed by atoms with van der Waals surface area (Å²) in [6.07, 6.45) is 1.57. The Bertz CT molecular complexity index is 1330. The second-order valence-electron chi connectivity index (χ2n) is 7.27. The fourth-order valence-corrected chi connectivity index (χ4v) is 5.07. The van der Waals surface area contributed by atoms with Crippen molar-refractivity contribution in [3.8, 4) is 11.8 Å². The molecule has 170 valence electrons. The Morgan fingerprint density at radius 3 is 2.41 bits per heavy atom. The van der Waals surface area contributed by atoms with E-state index in [1.165, 1.54) is 0 Å². The molecule has 4 rings (SSSR count). The fraction of sp³-hybridized carbons (Fsp3) is 0.0800. The Labute approximate surface area is 224 Å². The third-order valence-electron chi connectivity index (χ3n) is 4.95. The van der Waals surface area contributed by atoms with Crippen LogP contribution in [0.15, 0.2) is 65.6 Å². The largest absolute Gasteiger partial charge is 0.486 e. The Morgan fingerprint density at radius 1 is 1.06 bits per heavy atom. The molecule has 3 aromatic carbocycles. The zero-order valence-corrected chi connectivity index (χ0v) is 21.9. The lowest BCUT2D eigenvalue weighted by Crippen LogP contribution is -2.27. The number of hydrogen-bond donors (Lipinski definition) is 0. The molecule has 0 N–H and O–H groups in total. The zero-order chi connectivity index (χ0) is 24.2. The Hall–Kier alpha value is -2.51. The minimum Gasteiger partial charge on any atom is -0.486 e. The first-order valence-electron chi connectivity index (χ1n) is 9.95. The minimum atomic E-state index is -0.436. The number of imide groups is 1. The zero-order valence-electron chi connectivity index (χ0n) is 17.4. The topological polar surface area (TPSA) is 70.4 Å². The number of nitrogens with zero attached hydrogens (tertiary/aromatic N) is 2. The molecule has 9 heteroatoms. The summed E-state index contributed by atoms with van der Waals surface area (Å²) >= 11 is 15.9. The van der Waals surface area contributed by atoms with Gasteiger partial charge in [0, 0.05) is 3.57 Å². The minimum absolute atomic E-state index is 0.0264. The van der Waals surface area contributed by atoms with E-state index >= 15 is 0 Å². The molecule has 0 aromatic heterocycles. The molecule has 1 aliphatic rings. The molecular formula is C25H15Cl2IN2O3S. The van der Waals surface area contributed by atoms with E-state index in [0.717, 1.165) is 25.8 Å². The molecule has 0 atom stereocenters. The molecular weight excluding hydrogens is 606 g/mol. The van der Waals surface area contributed by atoms with Crippen LogP contribution < -0.4 is 4.74 Å². The first-order chi connectivity index (χ1) is 16.4. The third-order valence-corrected chi connectivity index (χ3v) is 7.14.